The lowest BCUT2D eigenvalue weighted by Gasteiger charge is -2.16. The average molecular weight is 206 g/mol. The Morgan fingerprint density at radius 3 is 2.27 bits per heavy atom. The van der Waals surface area contributed by atoms with Crippen LogP contribution in [0.15, 0.2) is 24.3 Å². The summed E-state index contributed by atoms with van der Waals surface area (Å²) in [7, 11) is 3.42. The molecule has 0 bridgehead atoms. The van der Waals surface area contributed by atoms with Crippen molar-refractivity contribution in [3.63, 3.8) is 0 Å². The number of nitrogens with one attached hydrogen (secondary N) is 1. The molecular weight excluding hydrogens is 188 g/mol. The fourth-order valence-corrected chi connectivity index (χ4v) is 1.42. The van der Waals surface area contributed by atoms with Crippen molar-refractivity contribution in [2.24, 2.45) is 0 Å². The van der Waals surface area contributed by atoms with E-state index in [0.717, 1.165) is 12.0 Å². The summed E-state index contributed by atoms with van der Waals surface area (Å²) in [5.74, 6) is 0. The molecule has 0 atom stereocenters. The van der Waals surface area contributed by atoms with Gasteiger partial charge in [-0.05, 0) is 17.5 Å². The first-order valence-electron chi connectivity index (χ1n) is 5.18. The van der Waals surface area contributed by atoms with Gasteiger partial charge in [-0.2, -0.15) is 0 Å². The molecule has 1 N–H and O–H groups in total. The van der Waals surface area contributed by atoms with Crippen molar-refractivity contribution < 1.29 is 4.79 Å². The van der Waals surface area contributed by atoms with E-state index in [1.807, 2.05) is 0 Å². The van der Waals surface area contributed by atoms with Crippen LogP contribution in [0.25, 0.3) is 0 Å². The van der Waals surface area contributed by atoms with E-state index in [1.165, 1.54) is 5.56 Å². The third-order valence-electron chi connectivity index (χ3n) is 2.41. The maximum absolute atomic E-state index is 11.3. The Balaban J connectivity index is 2.60. The van der Waals surface area contributed by atoms with Gasteiger partial charge in [-0.3, -0.25) is 0 Å². The van der Waals surface area contributed by atoms with E-state index in [2.05, 4.69) is 36.5 Å². The van der Waals surface area contributed by atoms with E-state index >= 15 is 0 Å². The normalized spacial score (nSPS) is 9.80. The molecule has 1 rings (SSSR count). The highest BCUT2D eigenvalue weighted by molar-refractivity contribution is 5.73. The van der Waals surface area contributed by atoms with Gasteiger partial charge in [-0.1, -0.05) is 31.2 Å². The van der Waals surface area contributed by atoms with E-state index in [-0.39, 0.29) is 6.03 Å². The molecule has 0 saturated carbocycles. The second kappa shape index (κ2) is 5.39. The molecule has 0 spiro atoms. The van der Waals surface area contributed by atoms with E-state index in [0.29, 0.717) is 6.54 Å². The van der Waals surface area contributed by atoms with Crippen molar-refractivity contribution in [1.82, 2.24) is 10.2 Å². The van der Waals surface area contributed by atoms with Gasteiger partial charge in [0.1, 0.15) is 0 Å². The Kier molecular flexibility index (Phi) is 4.16. The van der Waals surface area contributed by atoms with Crippen LogP contribution in [0, 0.1) is 0 Å². The van der Waals surface area contributed by atoms with Gasteiger partial charge in [0, 0.05) is 20.6 Å². The molecule has 3 nitrogen and oxygen atoms in total. The SMILES string of the molecule is CCc1ccc(CN(C)C(=O)NC)cc1. The summed E-state index contributed by atoms with van der Waals surface area (Å²) in [6, 6.07) is 8.28. The van der Waals surface area contributed by atoms with Crippen molar-refractivity contribution in [2.45, 2.75) is 19.9 Å². The van der Waals surface area contributed by atoms with Gasteiger partial charge in [0.25, 0.3) is 0 Å². The molecule has 0 aliphatic heterocycles. The number of benzene rings is 1. The number of nitrogens with zero attached hydrogens (tertiary/aromatic N) is 1. The van der Waals surface area contributed by atoms with Crippen LogP contribution in [0.2, 0.25) is 0 Å². The molecule has 3 heteroatoms. The lowest BCUT2D eigenvalue weighted by molar-refractivity contribution is 0.209. The summed E-state index contributed by atoms with van der Waals surface area (Å²) in [5, 5.41) is 2.59. The van der Waals surface area contributed by atoms with E-state index < -0.39 is 0 Å². The van der Waals surface area contributed by atoms with Crippen molar-refractivity contribution >= 4 is 6.03 Å². The second-order valence-electron chi connectivity index (χ2n) is 3.58. The predicted molar refractivity (Wildman–Crippen MR) is 61.7 cm³/mol. The van der Waals surface area contributed by atoms with Crippen molar-refractivity contribution in [3.05, 3.63) is 35.4 Å². The average Bonchev–Trinajstić information content (AvgIpc) is 2.29. The minimum absolute atomic E-state index is 0.0606. The summed E-state index contributed by atoms with van der Waals surface area (Å²) < 4.78 is 0. The zero-order valence-electron chi connectivity index (χ0n) is 9.58. The molecule has 82 valence electrons. The molecule has 2 amide bonds. The first-order valence-corrected chi connectivity index (χ1v) is 5.18. The molecule has 0 aliphatic carbocycles. The van der Waals surface area contributed by atoms with E-state index in [1.54, 1.807) is 19.0 Å². The Morgan fingerprint density at radius 2 is 1.80 bits per heavy atom. The Labute approximate surface area is 91.1 Å². The number of carbonyl (C=O) groups is 1. The van der Waals surface area contributed by atoms with Gasteiger partial charge in [0.2, 0.25) is 0 Å². The number of urea groups is 1. The molecular formula is C12H18N2O. The quantitative estimate of drug-likeness (QED) is 0.806. The Bertz CT molecular complexity index is 319. The molecule has 0 radical (unpaired) electrons. The Morgan fingerprint density at radius 1 is 1.27 bits per heavy atom. The largest absolute Gasteiger partial charge is 0.341 e. The van der Waals surface area contributed by atoms with Gasteiger partial charge in [-0.15, -0.1) is 0 Å². The predicted octanol–water partition coefficient (Wildman–Crippen LogP) is 2.02. The minimum Gasteiger partial charge on any atom is -0.341 e. The fraction of sp³-hybridized carbons (Fsp3) is 0.417. The summed E-state index contributed by atoms with van der Waals surface area (Å²) >= 11 is 0. The van der Waals surface area contributed by atoms with Crippen LogP contribution in [-0.4, -0.2) is 25.0 Å². The topological polar surface area (TPSA) is 32.3 Å². The highest BCUT2D eigenvalue weighted by Crippen LogP contribution is 2.07. The Hall–Kier alpha value is -1.51. The third kappa shape index (κ3) is 3.27. The van der Waals surface area contributed by atoms with Crippen molar-refractivity contribution in [1.29, 1.82) is 0 Å². The van der Waals surface area contributed by atoms with Crippen molar-refractivity contribution in [2.75, 3.05) is 14.1 Å². The lowest BCUT2D eigenvalue weighted by atomic mass is 10.1. The number of rotatable bonds is 3. The van der Waals surface area contributed by atoms with Gasteiger partial charge in [0.05, 0.1) is 0 Å². The molecule has 0 aliphatic rings. The van der Waals surface area contributed by atoms with Crippen LogP contribution in [0.1, 0.15) is 18.1 Å². The smallest absolute Gasteiger partial charge is 0.317 e. The molecule has 0 saturated heterocycles. The molecule has 1 aromatic carbocycles. The molecule has 0 fully saturated rings. The number of hydrogen-bond acceptors (Lipinski definition) is 1. The number of aryl methyl sites for hydroxylation is 1. The van der Waals surface area contributed by atoms with Crippen LogP contribution in [0.5, 0.6) is 0 Å². The monoisotopic (exact) mass is 206 g/mol. The standard InChI is InChI=1S/C12H18N2O/c1-4-10-5-7-11(8-6-10)9-14(3)12(15)13-2/h5-8H,4,9H2,1-3H3,(H,13,15). The molecule has 1 aromatic rings. The van der Waals surface area contributed by atoms with E-state index in [4.69, 9.17) is 0 Å². The summed E-state index contributed by atoms with van der Waals surface area (Å²) in [5.41, 5.74) is 2.47. The highest BCUT2D eigenvalue weighted by Gasteiger charge is 2.05. The molecule has 0 heterocycles. The van der Waals surface area contributed by atoms with Crippen LogP contribution < -0.4 is 5.32 Å². The summed E-state index contributed by atoms with van der Waals surface area (Å²) in [4.78, 5) is 12.9. The van der Waals surface area contributed by atoms with Gasteiger partial charge < -0.3 is 10.2 Å². The first kappa shape index (κ1) is 11.6. The molecule has 15 heavy (non-hydrogen) atoms. The summed E-state index contributed by atoms with van der Waals surface area (Å²) in [6.07, 6.45) is 1.05. The van der Waals surface area contributed by atoms with Crippen molar-refractivity contribution in [3.8, 4) is 0 Å². The number of amides is 2. The van der Waals surface area contributed by atoms with Gasteiger partial charge >= 0.3 is 6.03 Å². The van der Waals surface area contributed by atoms with Crippen LogP contribution in [0.4, 0.5) is 4.79 Å². The lowest BCUT2D eigenvalue weighted by Crippen LogP contribution is -2.34. The third-order valence-corrected chi connectivity index (χ3v) is 2.41. The number of hydrogen-bond donors (Lipinski definition) is 1. The maximum Gasteiger partial charge on any atom is 0.317 e. The van der Waals surface area contributed by atoms with Crippen LogP contribution in [0.3, 0.4) is 0 Å². The minimum atomic E-state index is -0.0606. The highest BCUT2D eigenvalue weighted by atomic mass is 16.2. The maximum atomic E-state index is 11.3. The summed E-state index contributed by atoms with van der Waals surface area (Å²) in [6.45, 7) is 2.77. The van der Waals surface area contributed by atoms with Crippen LogP contribution in [-0.2, 0) is 13.0 Å². The molecule has 0 aromatic heterocycles. The van der Waals surface area contributed by atoms with Crippen LogP contribution >= 0.6 is 0 Å². The zero-order valence-corrected chi connectivity index (χ0v) is 9.58. The van der Waals surface area contributed by atoms with Gasteiger partial charge in [-0.25, -0.2) is 4.79 Å². The van der Waals surface area contributed by atoms with E-state index in [9.17, 15) is 4.79 Å². The second-order valence-corrected chi connectivity index (χ2v) is 3.58. The first-order chi connectivity index (χ1) is 7.17. The zero-order chi connectivity index (χ0) is 11.3. The number of carbonyl (C=O) groups excluding carboxylic acids is 1. The molecule has 0 unspecified atom stereocenters. The van der Waals surface area contributed by atoms with Gasteiger partial charge in [0.15, 0.2) is 0 Å². The fourth-order valence-electron chi connectivity index (χ4n) is 1.42.